The number of amides is 1. The number of nitrogens with one attached hydrogen (secondary N) is 1. The smallest absolute Gasteiger partial charge is 0.221 e. The van der Waals surface area contributed by atoms with E-state index in [0.717, 1.165) is 33.6 Å². The minimum absolute atomic E-state index is 0.117. The standard InChI is InChI=1S/C26H27N3O5/c1-15-7-8-17(9-20(15)28-16(2)30)18-10-21-25(22(11-18)31-3)27-14-29(21)19-12-23(32-4)26(34-6)24(13-19)33-5/h7-14H,1-6H3,(H,28,30). The van der Waals surface area contributed by atoms with Gasteiger partial charge in [0, 0.05) is 24.7 Å². The highest BCUT2D eigenvalue weighted by atomic mass is 16.5. The second-order valence-corrected chi connectivity index (χ2v) is 7.76. The minimum Gasteiger partial charge on any atom is -0.494 e. The molecule has 1 heterocycles. The lowest BCUT2D eigenvalue weighted by atomic mass is 10.0. The van der Waals surface area contributed by atoms with Crippen LogP contribution in [0.5, 0.6) is 23.0 Å². The number of ether oxygens (including phenoxy) is 4. The number of nitrogens with zero attached hydrogens (tertiary/aromatic N) is 2. The van der Waals surface area contributed by atoms with Crippen molar-refractivity contribution in [3.8, 4) is 39.8 Å². The van der Waals surface area contributed by atoms with Gasteiger partial charge in [-0.15, -0.1) is 0 Å². The van der Waals surface area contributed by atoms with Crippen LogP contribution in [-0.4, -0.2) is 43.9 Å². The van der Waals surface area contributed by atoms with Crippen LogP contribution < -0.4 is 24.3 Å². The van der Waals surface area contributed by atoms with Gasteiger partial charge in [-0.25, -0.2) is 4.98 Å². The number of aromatic nitrogens is 2. The van der Waals surface area contributed by atoms with Crippen molar-refractivity contribution in [3.63, 3.8) is 0 Å². The Balaban J connectivity index is 1.92. The first-order valence-electron chi connectivity index (χ1n) is 10.6. The van der Waals surface area contributed by atoms with Crippen molar-refractivity contribution >= 4 is 22.6 Å². The fraction of sp³-hybridized carbons (Fsp3) is 0.231. The van der Waals surface area contributed by atoms with E-state index in [2.05, 4.69) is 10.3 Å². The Kier molecular flexibility index (Phi) is 6.32. The topological polar surface area (TPSA) is 83.8 Å². The molecule has 8 nitrogen and oxygen atoms in total. The first-order chi connectivity index (χ1) is 16.4. The number of carbonyl (C=O) groups excluding carboxylic acids is 1. The minimum atomic E-state index is -0.117. The third kappa shape index (κ3) is 4.10. The van der Waals surface area contributed by atoms with Crippen LogP contribution in [-0.2, 0) is 4.79 Å². The Morgan fingerprint density at radius 3 is 2.12 bits per heavy atom. The summed E-state index contributed by atoms with van der Waals surface area (Å²) in [7, 11) is 6.35. The number of methoxy groups -OCH3 is 4. The van der Waals surface area contributed by atoms with Crippen molar-refractivity contribution in [1.29, 1.82) is 0 Å². The molecule has 8 heteroatoms. The summed E-state index contributed by atoms with van der Waals surface area (Å²) in [5.41, 5.74) is 5.95. The Bertz CT molecular complexity index is 1350. The van der Waals surface area contributed by atoms with E-state index in [1.54, 1.807) is 34.8 Å². The van der Waals surface area contributed by atoms with Gasteiger partial charge in [0.05, 0.1) is 39.6 Å². The molecular weight excluding hydrogens is 434 g/mol. The Morgan fingerprint density at radius 2 is 1.53 bits per heavy atom. The monoisotopic (exact) mass is 461 g/mol. The van der Waals surface area contributed by atoms with Gasteiger partial charge in [-0.2, -0.15) is 0 Å². The number of carbonyl (C=O) groups is 1. The molecule has 0 saturated carbocycles. The summed E-state index contributed by atoms with van der Waals surface area (Å²) in [6, 6.07) is 13.7. The molecule has 1 amide bonds. The number of anilines is 1. The first kappa shape index (κ1) is 23.0. The number of aryl methyl sites for hydroxylation is 1. The van der Waals surface area contributed by atoms with E-state index in [1.807, 2.05) is 54.0 Å². The maximum Gasteiger partial charge on any atom is 0.221 e. The molecule has 0 fully saturated rings. The molecule has 0 unspecified atom stereocenters. The van der Waals surface area contributed by atoms with Crippen LogP contribution in [0.25, 0.3) is 27.8 Å². The molecule has 1 aromatic heterocycles. The average Bonchev–Trinajstić information content (AvgIpc) is 3.27. The number of imidazole rings is 1. The number of benzene rings is 3. The van der Waals surface area contributed by atoms with E-state index in [9.17, 15) is 4.79 Å². The van der Waals surface area contributed by atoms with Crippen molar-refractivity contribution in [2.45, 2.75) is 13.8 Å². The molecule has 0 bridgehead atoms. The number of hydrogen-bond acceptors (Lipinski definition) is 6. The predicted octanol–water partition coefficient (Wildman–Crippen LogP) is 4.99. The SMILES string of the molecule is COc1cc(-n2cnc3c(OC)cc(-c4ccc(C)c(NC(C)=O)c4)cc32)cc(OC)c1OC. The van der Waals surface area contributed by atoms with Crippen LogP contribution in [0.15, 0.2) is 48.8 Å². The van der Waals surface area contributed by atoms with Gasteiger partial charge in [0.25, 0.3) is 0 Å². The second-order valence-electron chi connectivity index (χ2n) is 7.76. The summed E-state index contributed by atoms with van der Waals surface area (Å²) in [6.45, 7) is 3.45. The molecule has 34 heavy (non-hydrogen) atoms. The summed E-state index contributed by atoms with van der Waals surface area (Å²) in [5, 5.41) is 2.89. The van der Waals surface area contributed by atoms with Gasteiger partial charge in [0.15, 0.2) is 11.5 Å². The summed E-state index contributed by atoms with van der Waals surface area (Å²) in [4.78, 5) is 16.2. The van der Waals surface area contributed by atoms with E-state index in [1.165, 1.54) is 6.92 Å². The Morgan fingerprint density at radius 1 is 0.853 bits per heavy atom. The van der Waals surface area contributed by atoms with Crippen LogP contribution in [0.3, 0.4) is 0 Å². The molecule has 4 aromatic rings. The third-order valence-corrected chi connectivity index (χ3v) is 5.65. The van der Waals surface area contributed by atoms with E-state index in [4.69, 9.17) is 18.9 Å². The van der Waals surface area contributed by atoms with Crippen molar-refractivity contribution < 1.29 is 23.7 Å². The molecule has 0 aliphatic carbocycles. The summed E-state index contributed by atoms with van der Waals surface area (Å²) in [6.07, 6.45) is 1.73. The molecule has 0 saturated heterocycles. The van der Waals surface area contributed by atoms with E-state index < -0.39 is 0 Å². The fourth-order valence-corrected chi connectivity index (χ4v) is 3.94. The number of hydrogen-bond donors (Lipinski definition) is 1. The predicted molar refractivity (Wildman–Crippen MR) is 132 cm³/mol. The van der Waals surface area contributed by atoms with Gasteiger partial charge in [-0.05, 0) is 41.8 Å². The lowest BCUT2D eigenvalue weighted by molar-refractivity contribution is -0.114. The molecule has 0 aliphatic rings. The highest BCUT2D eigenvalue weighted by Gasteiger charge is 2.18. The van der Waals surface area contributed by atoms with E-state index in [0.29, 0.717) is 28.5 Å². The molecule has 0 spiro atoms. The van der Waals surface area contributed by atoms with Gasteiger partial charge < -0.3 is 24.3 Å². The quantitative estimate of drug-likeness (QED) is 0.417. The van der Waals surface area contributed by atoms with Crippen LogP contribution in [0.4, 0.5) is 5.69 Å². The molecular formula is C26H27N3O5. The average molecular weight is 462 g/mol. The molecule has 1 N–H and O–H groups in total. The lowest BCUT2D eigenvalue weighted by Crippen LogP contribution is -2.07. The summed E-state index contributed by atoms with van der Waals surface area (Å²) >= 11 is 0. The molecule has 176 valence electrons. The molecule has 0 radical (unpaired) electrons. The Labute approximate surface area is 198 Å². The van der Waals surface area contributed by atoms with Gasteiger partial charge >= 0.3 is 0 Å². The van der Waals surface area contributed by atoms with Gasteiger partial charge in [0.1, 0.15) is 17.6 Å². The second kappa shape index (κ2) is 9.35. The van der Waals surface area contributed by atoms with E-state index >= 15 is 0 Å². The summed E-state index contributed by atoms with van der Waals surface area (Å²) < 4.78 is 24.1. The molecule has 3 aromatic carbocycles. The van der Waals surface area contributed by atoms with Gasteiger partial charge in [-0.3, -0.25) is 9.36 Å². The molecule has 4 rings (SSSR count). The van der Waals surface area contributed by atoms with Crippen LogP contribution in [0.1, 0.15) is 12.5 Å². The Hall–Kier alpha value is -4.20. The summed E-state index contributed by atoms with van der Waals surface area (Å²) in [5.74, 6) is 2.12. The maximum absolute atomic E-state index is 11.6. The highest BCUT2D eigenvalue weighted by Crippen LogP contribution is 2.41. The van der Waals surface area contributed by atoms with E-state index in [-0.39, 0.29) is 5.91 Å². The number of rotatable bonds is 7. The molecule has 0 aliphatic heterocycles. The highest BCUT2D eigenvalue weighted by molar-refractivity contribution is 5.92. The van der Waals surface area contributed by atoms with Crippen LogP contribution >= 0.6 is 0 Å². The zero-order chi connectivity index (χ0) is 24.4. The van der Waals surface area contributed by atoms with Crippen molar-refractivity contribution in [2.24, 2.45) is 0 Å². The fourth-order valence-electron chi connectivity index (χ4n) is 3.94. The zero-order valence-electron chi connectivity index (χ0n) is 20.1. The normalized spacial score (nSPS) is 10.8. The van der Waals surface area contributed by atoms with Crippen LogP contribution in [0, 0.1) is 6.92 Å². The number of fused-ring (bicyclic) bond motifs is 1. The van der Waals surface area contributed by atoms with Crippen molar-refractivity contribution in [1.82, 2.24) is 9.55 Å². The largest absolute Gasteiger partial charge is 0.494 e. The van der Waals surface area contributed by atoms with Gasteiger partial charge in [0.2, 0.25) is 11.7 Å². The third-order valence-electron chi connectivity index (χ3n) is 5.65. The van der Waals surface area contributed by atoms with Gasteiger partial charge in [-0.1, -0.05) is 12.1 Å². The van der Waals surface area contributed by atoms with Crippen molar-refractivity contribution in [3.05, 3.63) is 54.4 Å². The zero-order valence-corrected chi connectivity index (χ0v) is 20.1. The lowest BCUT2D eigenvalue weighted by Gasteiger charge is -2.15. The van der Waals surface area contributed by atoms with Crippen molar-refractivity contribution in [2.75, 3.05) is 33.8 Å². The van der Waals surface area contributed by atoms with Crippen LogP contribution in [0.2, 0.25) is 0 Å². The molecule has 0 atom stereocenters. The maximum atomic E-state index is 11.6. The first-order valence-corrected chi connectivity index (χ1v) is 10.6.